The number of rotatable bonds is 5. The molecule has 7 nitrogen and oxygen atoms in total. The zero-order chi connectivity index (χ0) is 20.2. The summed E-state index contributed by atoms with van der Waals surface area (Å²) in [5.74, 6) is -0.351. The first-order valence-corrected chi connectivity index (χ1v) is 9.69. The Bertz CT molecular complexity index is 942. The van der Waals surface area contributed by atoms with Gasteiger partial charge in [0.15, 0.2) is 13.2 Å². The molecule has 2 amide bonds. The predicted octanol–water partition coefficient (Wildman–Crippen LogP) is 2.32. The molecular weight excluding hydrogens is 372 g/mol. The average molecular weight is 394 g/mol. The number of amides is 2. The molecule has 2 aromatic carbocycles. The average Bonchev–Trinajstić information content (AvgIpc) is 2.76. The van der Waals surface area contributed by atoms with Gasteiger partial charge in [-0.2, -0.15) is 0 Å². The number of esters is 1. The summed E-state index contributed by atoms with van der Waals surface area (Å²) in [7, 11) is 0. The van der Waals surface area contributed by atoms with Gasteiger partial charge in [0.05, 0.1) is 12.1 Å². The molecule has 0 saturated heterocycles. The number of aryl methyl sites for hydroxylation is 1. The predicted molar refractivity (Wildman–Crippen MR) is 107 cm³/mol. The Kier molecular flexibility index (Phi) is 5.46. The van der Waals surface area contributed by atoms with Crippen LogP contribution in [0.4, 0.5) is 11.4 Å². The molecule has 0 saturated carbocycles. The number of hydrogen-bond donors (Lipinski definition) is 0. The fourth-order valence-electron chi connectivity index (χ4n) is 3.69. The number of anilines is 2. The summed E-state index contributed by atoms with van der Waals surface area (Å²) in [6, 6.07) is 15.0. The van der Waals surface area contributed by atoms with Crippen molar-refractivity contribution in [2.24, 2.45) is 0 Å². The lowest BCUT2D eigenvalue weighted by Crippen LogP contribution is -2.40. The molecule has 0 unspecified atom stereocenters. The number of nitrogens with zero attached hydrogens (tertiary/aromatic N) is 2. The van der Waals surface area contributed by atoms with Crippen molar-refractivity contribution in [1.82, 2.24) is 0 Å². The third-order valence-corrected chi connectivity index (χ3v) is 5.12. The van der Waals surface area contributed by atoms with E-state index in [0.717, 1.165) is 24.1 Å². The summed E-state index contributed by atoms with van der Waals surface area (Å²) in [6.45, 7) is 0.435. The summed E-state index contributed by atoms with van der Waals surface area (Å²) in [6.07, 6.45) is 1.83. The van der Waals surface area contributed by atoms with Crippen molar-refractivity contribution in [3.05, 3.63) is 54.1 Å². The van der Waals surface area contributed by atoms with Crippen LogP contribution in [0, 0.1) is 0 Å². The van der Waals surface area contributed by atoms with Crippen molar-refractivity contribution < 1.29 is 23.9 Å². The molecule has 0 aromatic heterocycles. The van der Waals surface area contributed by atoms with Gasteiger partial charge in [0.1, 0.15) is 5.75 Å². The Labute approximate surface area is 168 Å². The van der Waals surface area contributed by atoms with Gasteiger partial charge in [0.25, 0.3) is 11.8 Å². The fourth-order valence-corrected chi connectivity index (χ4v) is 3.69. The van der Waals surface area contributed by atoms with Gasteiger partial charge in [0.2, 0.25) is 0 Å². The molecule has 0 N–H and O–H groups in total. The number of fused-ring (bicyclic) bond motifs is 2. The highest BCUT2D eigenvalue weighted by Crippen LogP contribution is 2.31. The Balaban J connectivity index is 1.31. The largest absolute Gasteiger partial charge is 0.482 e. The SMILES string of the molecule is O=C(CCN1C(=O)COc2ccccc21)OCC(=O)N1CCCc2ccccc21. The van der Waals surface area contributed by atoms with Crippen molar-refractivity contribution in [3.8, 4) is 5.75 Å². The van der Waals surface area contributed by atoms with E-state index in [4.69, 9.17) is 9.47 Å². The summed E-state index contributed by atoms with van der Waals surface area (Å²) in [5, 5.41) is 0. The molecule has 0 bridgehead atoms. The lowest BCUT2D eigenvalue weighted by atomic mass is 10.0. The van der Waals surface area contributed by atoms with Crippen molar-refractivity contribution >= 4 is 29.2 Å². The second-order valence-electron chi connectivity index (χ2n) is 6.99. The van der Waals surface area contributed by atoms with Gasteiger partial charge >= 0.3 is 5.97 Å². The monoisotopic (exact) mass is 394 g/mol. The van der Waals surface area contributed by atoms with E-state index < -0.39 is 5.97 Å². The normalized spacial score (nSPS) is 15.2. The minimum absolute atomic E-state index is 0.00391. The van der Waals surface area contributed by atoms with Crippen molar-refractivity contribution in [2.45, 2.75) is 19.3 Å². The lowest BCUT2D eigenvalue weighted by Gasteiger charge is -2.29. The number of carbonyl (C=O) groups excluding carboxylic acids is 3. The van der Waals surface area contributed by atoms with Gasteiger partial charge in [-0.1, -0.05) is 30.3 Å². The Morgan fingerprint density at radius 1 is 1.03 bits per heavy atom. The quantitative estimate of drug-likeness (QED) is 0.728. The van der Waals surface area contributed by atoms with Gasteiger partial charge in [-0.3, -0.25) is 14.4 Å². The zero-order valence-electron chi connectivity index (χ0n) is 16.0. The molecule has 2 aromatic rings. The van der Waals surface area contributed by atoms with E-state index in [-0.39, 0.29) is 38.0 Å². The highest BCUT2D eigenvalue weighted by Gasteiger charge is 2.26. The van der Waals surface area contributed by atoms with Crippen LogP contribution in [0.2, 0.25) is 0 Å². The molecule has 2 heterocycles. The van der Waals surface area contributed by atoms with Crippen molar-refractivity contribution in [1.29, 1.82) is 0 Å². The highest BCUT2D eigenvalue weighted by molar-refractivity contribution is 5.98. The van der Waals surface area contributed by atoms with Crippen LogP contribution < -0.4 is 14.5 Å². The number of para-hydroxylation sites is 3. The molecule has 150 valence electrons. The minimum atomic E-state index is -0.514. The zero-order valence-corrected chi connectivity index (χ0v) is 16.0. The molecule has 4 rings (SSSR count). The standard InChI is InChI=1S/C22H22N2O5/c25-20-14-28-19-10-4-3-9-18(19)24(20)13-11-22(27)29-15-21(26)23-12-5-7-16-6-1-2-8-17(16)23/h1-4,6,8-10H,5,7,11-15H2. The number of hydrogen-bond acceptors (Lipinski definition) is 5. The number of benzene rings is 2. The first kappa shape index (κ1) is 19.0. The third kappa shape index (κ3) is 4.08. The molecule has 0 spiro atoms. The maximum absolute atomic E-state index is 12.6. The summed E-state index contributed by atoms with van der Waals surface area (Å²) >= 11 is 0. The second kappa shape index (κ2) is 8.34. The minimum Gasteiger partial charge on any atom is -0.482 e. The molecule has 7 heteroatoms. The van der Waals surface area contributed by atoms with Gasteiger partial charge in [-0.25, -0.2) is 0 Å². The van der Waals surface area contributed by atoms with Crippen LogP contribution in [0.15, 0.2) is 48.5 Å². The van der Waals surface area contributed by atoms with Crippen molar-refractivity contribution in [3.63, 3.8) is 0 Å². The van der Waals surface area contributed by atoms with Crippen LogP contribution in [-0.4, -0.2) is 44.1 Å². The topological polar surface area (TPSA) is 76.1 Å². The van der Waals surface area contributed by atoms with Crippen LogP contribution in [0.25, 0.3) is 0 Å². The maximum Gasteiger partial charge on any atom is 0.308 e. The highest BCUT2D eigenvalue weighted by atomic mass is 16.5. The Morgan fingerprint density at radius 2 is 1.79 bits per heavy atom. The van der Waals surface area contributed by atoms with Gasteiger partial charge in [-0.05, 0) is 36.6 Å². The molecule has 0 radical (unpaired) electrons. The van der Waals surface area contributed by atoms with Crippen molar-refractivity contribution in [2.75, 3.05) is 36.1 Å². The molecule has 2 aliphatic heterocycles. The second-order valence-corrected chi connectivity index (χ2v) is 6.99. The first-order valence-electron chi connectivity index (χ1n) is 9.69. The van der Waals surface area contributed by atoms with Gasteiger partial charge < -0.3 is 19.3 Å². The summed E-state index contributed by atoms with van der Waals surface area (Å²) in [4.78, 5) is 40.1. The molecule has 0 atom stereocenters. The fraction of sp³-hybridized carbons (Fsp3) is 0.318. The van der Waals surface area contributed by atoms with Gasteiger partial charge in [0, 0.05) is 18.8 Å². The molecule has 0 fully saturated rings. The molecule has 29 heavy (non-hydrogen) atoms. The Morgan fingerprint density at radius 3 is 2.66 bits per heavy atom. The molecule has 2 aliphatic rings. The van der Waals surface area contributed by atoms with Crippen LogP contribution in [0.3, 0.4) is 0 Å². The van der Waals surface area contributed by atoms with E-state index in [2.05, 4.69) is 0 Å². The smallest absolute Gasteiger partial charge is 0.308 e. The van der Waals surface area contributed by atoms with Gasteiger partial charge in [-0.15, -0.1) is 0 Å². The maximum atomic E-state index is 12.6. The van der Waals surface area contributed by atoms with E-state index in [1.165, 1.54) is 4.90 Å². The lowest BCUT2D eigenvalue weighted by molar-refractivity contribution is -0.147. The van der Waals surface area contributed by atoms with E-state index >= 15 is 0 Å². The summed E-state index contributed by atoms with van der Waals surface area (Å²) in [5.41, 5.74) is 2.65. The number of ether oxygens (including phenoxy) is 2. The summed E-state index contributed by atoms with van der Waals surface area (Å²) < 4.78 is 10.6. The Hall–Kier alpha value is -3.35. The van der Waals surface area contributed by atoms with E-state index in [0.29, 0.717) is 18.0 Å². The van der Waals surface area contributed by atoms with Crippen LogP contribution in [0.5, 0.6) is 5.75 Å². The molecular formula is C22H22N2O5. The third-order valence-electron chi connectivity index (χ3n) is 5.12. The first-order chi connectivity index (χ1) is 14.1. The number of carbonyl (C=O) groups is 3. The van der Waals surface area contributed by atoms with E-state index in [9.17, 15) is 14.4 Å². The van der Waals surface area contributed by atoms with Crippen LogP contribution >= 0.6 is 0 Å². The van der Waals surface area contributed by atoms with E-state index in [1.54, 1.807) is 23.1 Å². The van der Waals surface area contributed by atoms with Crippen LogP contribution in [0.1, 0.15) is 18.4 Å². The van der Waals surface area contributed by atoms with Crippen LogP contribution in [-0.2, 0) is 25.5 Å². The molecule has 0 aliphatic carbocycles. The van der Waals surface area contributed by atoms with E-state index in [1.807, 2.05) is 30.3 Å².